The molecule has 1 amide bonds. The average Bonchev–Trinajstić information content (AvgIpc) is 1.98. The van der Waals surface area contributed by atoms with Crippen LogP contribution in [0.4, 0.5) is 0 Å². The molecular formula is C12H24ClNO. The van der Waals surface area contributed by atoms with E-state index in [1.807, 2.05) is 0 Å². The van der Waals surface area contributed by atoms with E-state index in [0.29, 0.717) is 18.8 Å². The number of carbonyl (C=O) groups is 1. The van der Waals surface area contributed by atoms with Gasteiger partial charge in [0.15, 0.2) is 0 Å². The molecule has 2 nitrogen and oxygen atoms in total. The van der Waals surface area contributed by atoms with Crippen LogP contribution in [-0.4, -0.2) is 18.3 Å². The Morgan fingerprint density at radius 3 is 2.13 bits per heavy atom. The van der Waals surface area contributed by atoms with Gasteiger partial charge in [-0.25, -0.2) is 0 Å². The van der Waals surface area contributed by atoms with Crippen molar-refractivity contribution < 1.29 is 4.79 Å². The van der Waals surface area contributed by atoms with E-state index in [1.165, 1.54) is 0 Å². The Morgan fingerprint density at radius 1 is 1.20 bits per heavy atom. The smallest absolute Gasteiger partial charge is 0.220 e. The fourth-order valence-electron chi connectivity index (χ4n) is 1.23. The molecule has 0 rings (SSSR count). The van der Waals surface area contributed by atoms with Gasteiger partial charge in [0.1, 0.15) is 0 Å². The maximum absolute atomic E-state index is 11.6. The van der Waals surface area contributed by atoms with Crippen molar-refractivity contribution in [3.8, 4) is 0 Å². The molecule has 90 valence electrons. The molecule has 3 heteroatoms. The Labute approximate surface area is 98.8 Å². The Morgan fingerprint density at radius 2 is 1.73 bits per heavy atom. The zero-order valence-corrected chi connectivity index (χ0v) is 11.4. The van der Waals surface area contributed by atoms with Crippen molar-refractivity contribution in [1.82, 2.24) is 5.32 Å². The van der Waals surface area contributed by atoms with E-state index in [4.69, 9.17) is 11.6 Å². The van der Waals surface area contributed by atoms with E-state index in [9.17, 15) is 4.79 Å². The van der Waals surface area contributed by atoms with Crippen LogP contribution < -0.4 is 5.32 Å². The van der Waals surface area contributed by atoms with Gasteiger partial charge in [-0.3, -0.25) is 4.79 Å². The second-order valence-electron chi connectivity index (χ2n) is 6.12. The lowest BCUT2D eigenvalue weighted by molar-refractivity contribution is -0.123. The van der Waals surface area contributed by atoms with Gasteiger partial charge in [0.05, 0.1) is 0 Å². The highest BCUT2D eigenvalue weighted by molar-refractivity contribution is 6.17. The zero-order chi connectivity index (χ0) is 12.1. The summed E-state index contributed by atoms with van der Waals surface area (Å²) in [6.45, 7) is 11.1. The number of nitrogens with one attached hydrogen (secondary N) is 1. The van der Waals surface area contributed by atoms with Gasteiger partial charge < -0.3 is 5.32 Å². The van der Waals surface area contributed by atoms with Gasteiger partial charge in [0.2, 0.25) is 5.91 Å². The number of hydrogen-bond donors (Lipinski definition) is 1. The molecule has 0 aromatic carbocycles. The lowest BCUT2D eigenvalue weighted by atomic mass is 9.89. The number of rotatable bonds is 5. The molecule has 15 heavy (non-hydrogen) atoms. The maximum Gasteiger partial charge on any atom is 0.220 e. The van der Waals surface area contributed by atoms with Gasteiger partial charge in [-0.15, -0.1) is 11.6 Å². The van der Waals surface area contributed by atoms with Crippen molar-refractivity contribution in [3.05, 3.63) is 0 Å². The Bertz CT molecular complexity index is 206. The molecular weight excluding hydrogens is 210 g/mol. The lowest BCUT2D eigenvalue weighted by Crippen LogP contribution is -2.35. The molecule has 0 heterocycles. The summed E-state index contributed by atoms with van der Waals surface area (Å²) in [5.41, 5.74) is 0.149. The number of alkyl halides is 1. The highest BCUT2D eigenvalue weighted by Crippen LogP contribution is 2.21. The molecule has 0 saturated carbocycles. The molecule has 0 aromatic heterocycles. The van der Waals surface area contributed by atoms with Gasteiger partial charge in [-0.2, -0.15) is 0 Å². The molecule has 0 aromatic rings. The number of amides is 1. The van der Waals surface area contributed by atoms with Gasteiger partial charge in [0, 0.05) is 18.8 Å². The molecule has 0 radical (unpaired) electrons. The van der Waals surface area contributed by atoms with E-state index in [1.54, 1.807) is 0 Å². The van der Waals surface area contributed by atoms with Crippen molar-refractivity contribution in [2.24, 2.45) is 10.8 Å². The molecule has 0 spiro atoms. The third kappa shape index (κ3) is 8.73. The molecule has 0 saturated heterocycles. The summed E-state index contributed by atoms with van der Waals surface area (Å²) in [4.78, 5) is 11.6. The average molecular weight is 234 g/mol. The first-order chi connectivity index (χ1) is 6.66. The van der Waals surface area contributed by atoms with E-state index in [0.717, 1.165) is 6.42 Å². The Hall–Kier alpha value is -0.240. The van der Waals surface area contributed by atoms with E-state index >= 15 is 0 Å². The third-order valence-electron chi connectivity index (χ3n) is 2.23. The van der Waals surface area contributed by atoms with Crippen molar-refractivity contribution in [2.75, 3.05) is 12.4 Å². The van der Waals surface area contributed by atoms with Crippen LogP contribution in [0.3, 0.4) is 0 Å². The summed E-state index contributed by atoms with van der Waals surface area (Å²) in [5, 5.41) is 2.97. The van der Waals surface area contributed by atoms with Crippen LogP contribution in [0.1, 0.15) is 47.5 Å². The zero-order valence-electron chi connectivity index (χ0n) is 10.6. The highest BCUT2D eigenvalue weighted by Gasteiger charge is 2.20. The first kappa shape index (κ1) is 14.8. The van der Waals surface area contributed by atoms with E-state index in [-0.39, 0.29) is 16.7 Å². The van der Waals surface area contributed by atoms with Crippen LogP contribution in [0.2, 0.25) is 0 Å². The van der Waals surface area contributed by atoms with Crippen LogP contribution in [0.15, 0.2) is 0 Å². The predicted molar refractivity (Wildman–Crippen MR) is 66.2 cm³/mol. The predicted octanol–water partition coefficient (Wildman–Crippen LogP) is 3.19. The fourth-order valence-corrected chi connectivity index (χ4v) is 1.74. The summed E-state index contributed by atoms with van der Waals surface area (Å²) in [7, 11) is 0. The van der Waals surface area contributed by atoms with Crippen molar-refractivity contribution in [3.63, 3.8) is 0 Å². The van der Waals surface area contributed by atoms with E-state index < -0.39 is 0 Å². The second-order valence-corrected chi connectivity index (χ2v) is 6.50. The SMILES string of the molecule is CC(C)(C)CC(=O)NCC(C)(C)CCCl. The summed E-state index contributed by atoms with van der Waals surface area (Å²) in [5.74, 6) is 0.771. The van der Waals surface area contributed by atoms with Gasteiger partial charge in [-0.1, -0.05) is 34.6 Å². The minimum atomic E-state index is 0.0563. The van der Waals surface area contributed by atoms with Crippen LogP contribution >= 0.6 is 11.6 Å². The highest BCUT2D eigenvalue weighted by atomic mass is 35.5. The monoisotopic (exact) mass is 233 g/mol. The second kappa shape index (κ2) is 5.74. The topological polar surface area (TPSA) is 29.1 Å². The Balaban J connectivity index is 3.90. The summed E-state index contributed by atoms with van der Waals surface area (Å²) < 4.78 is 0. The summed E-state index contributed by atoms with van der Waals surface area (Å²) in [6, 6.07) is 0. The molecule has 0 fully saturated rings. The largest absolute Gasteiger partial charge is 0.356 e. The molecule has 0 atom stereocenters. The Kier molecular flexibility index (Phi) is 5.65. The molecule has 0 unspecified atom stereocenters. The fraction of sp³-hybridized carbons (Fsp3) is 0.917. The third-order valence-corrected chi connectivity index (χ3v) is 2.42. The standard InChI is InChI=1S/C12H24ClNO/c1-11(2,3)8-10(15)14-9-12(4,5)6-7-13/h6-9H2,1-5H3,(H,14,15). The first-order valence-electron chi connectivity index (χ1n) is 5.49. The van der Waals surface area contributed by atoms with Crippen LogP contribution in [0, 0.1) is 10.8 Å². The molecule has 0 aliphatic rings. The first-order valence-corrected chi connectivity index (χ1v) is 6.02. The van der Waals surface area contributed by atoms with Gasteiger partial charge in [-0.05, 0) is 17.3 Å². The number of hydrogen-bond acceptors (Lipinski definition) is 1. The quantitative estimate of drug-likeness (QED) is 0.726. The molecule has 0 aliphatic carbocycles. The summed E-state index contributed by atoms with van der Waals surface area (Å²) in [6.07, 6.45) is 1.49. The minimum absolute atomic E-state index is 0.0563. The van der Waals surface area contributed by atoms with Crippen LogP contribution in [0.25, 0.3) is 0 Å². The van der Waals surface area contributed by atoms with Gasteiger partial charge in [0.25, 0.3) is 0 Å². The summed E-state index contributed by atoms with van der Waals surface area (Å²) >= 11 is 5.70. The van der Waals surface area contributed by atoms with Crippen molar-refractivity contribution in [1.29, 1.82) is 0 Å². The molecule has 0 aliphatic heterocycles. The van der Waals surface area contributed by atoms with Crippen molar-refractivity contribution >= 4 is 17.5 Å². The van der Waals surface area contributed by atoms with Gasteiger partial charge >= 0.3 is 0 Å². The van der Waals surface area contributed by atoms with Crippen LogP contribution in [-0.2, 0) is 4.79 Å². The van der Waals surface area contributed by atoms with Crippen molar-refractivity contribution in [2.45, 2.75) is 47.5 Å². The molecule has 1 N–H and O–H groups in total. The minimum Gasteiger partial charge on any atom is -0.356 e. The maximum atomic E-state index is 11.6. The van der Waals surface area contributed by atoms with Crippen LogP contribution in [0.5, 0.6) is 0 Å². The van der Waals surface area contributed by atoms with E-state index in [2.05, 4.69) is 39.9 Å². The molecule has 0 bridgehead atoms. The lowest BCUT2D eigenvalue weighted by Gasteiger charge is -2.25. The number of carbonyl (C=O) groups excluding carboxylic acids is 1. The number of halogens is 1. The normalized spacial score (nSPS) is 12.7.